The van der Waals surface area contributed by atoms with E-state index in [0.717, 1.165) is 19.5 Å². The standard InChI is InChI=1S/C10H20N2O/c1-4-7-11-9-10(13)12(6-3)8-5-2/h5,11H,2,4,6-9H2,1,3H3. The molecule has 0 aromatic heterocycles. The Kier molecular flexibility index (Phi) is 7.30. The normalized spacial score (nSPS) is 9.69. The lowest BCUT2D eigenvalue weighted by Crippen LogP contribution is -2.38. The third-order valence-electron chi connectivity index (χ3n) is 1.79. The molecule has 0 radical (unpaired) electrons. The Bertz CT molecular complexity index is 157. The van der Waals surface area contributed by atoms with Crippen molar-refractivity contribution in [2.75, 3.05) is 26.2 Å². The highest BCUT2D eigenvalue weighted by atomic mass is 16.2. The summed E-state index contributed by atoms with van der Waals surface area (Å²) in [5.41, 5.74) is 0. The number of carbonyl (C=O) groups excluding carboxylic acids is 1. The van der Waals surface area contributed by atoms with Crippen molar-refractivity contribution in [2.45, 2.75) is 20.3 Å². The van der Waals surface area contributed by atoms with Gasteiger partial charge < -0.3 is 10.2 Å². The van der Waals surface area contributed by atoms with Crippen LogP contribution in [-0.4, -0.2) is 37.0 Å². The third-order valence-corrected chi connectivity index (χ3v) is 1.79. The van der Waals surface area contributed by atoms with Gasteiger partial charge in [-0.25, -0.2) is 0 Å². The smallest absolute Gasteiger partial charge is 0.236 e. The number of rotatable bonds is 7. The molecule has 3 heteroatoms. The minimum Gasteiger partial charge on any atom is -0.338 e. The van der Waals surface area contributed by atoms with Crippen molar-refractivity contribution in [1.29, 1.82) is 0 Å². The molecule has 13 heavy (non-hydrogen) atoms. The van der Waals surface area contributed by atoms with E-state index in [1.807, 2.05) is 6.92 Å². The van der Waals surface area contributed by atoms with Gasteiger partial charge in [0.25, 0.3) is 0 Å². The summed E-state index contributed by atoms with van der Waals surface area (Å²) in [6, 6.07) is 0. The van der Waals surface area contributed by atoms with Crippen LogP contribution in [0.1, 0.15) is 20.3 Å². The van der Waals surface area contributed by atoms with Crippen LogP contribution in [0.2, 0.25) is 0 Å². The largest absolute Gasteiger partial charge is 0.338 e. The highest BCUT2D eigenvalue weighted by molar-refractivity contribution is 5.78. The number of amides is 1. The molecular weight excluding hydrogens is 164 g/mol. The second-order valence-corrected chi connectivity index (χ2v) is 2.90. The molecule has 1 amide bonds. The molecule has 0 aliphatic rings. The lowest BCUT2D eigenvalue weighted by atomic mass is 10.4. The molecular formula is C10H20N2O. The predicted octanol–water partition coefficient (Wildman–Crippen LogP) is 1.02. The molecule has 0 aromatic rings. The SMILES string of the molecule is C=CCN(CC)C(=O)CNCCC. The molecule has 0 heterocycles. The lowest BCUT2D eigenvalue weighted by Gasteiger charge is -2.18. The van der Waals surface area contributed by atoms with Gasteiger partial charge in [-0.05, 0) is 19.9 Å². The number of nitrogens with one attached hydrogen (secondary N) is 1. The van der Waals surface area contributed by atoms with Crippen molar-refractivity contribution < 1.29 is 4.79 Å². The van der Waals surface area contributed by atoms with Gasteiger partial charge in [0.05, 0.1) is 6.54 Å². The minimum atomic E-state index is 0.149. The van der Waals surface area contributed by atoms with Gasteiger partial charge in [0, 0.05) is 13.1 Å². The minimum absolute atomic E-state index is 0.149. The number of likely N-dealkylation sites (N-methyl/N-ethyl adjacent to an activating group) is 1. The van der Waals surface area contributed by atoms with Crippen molar-refractivity contribution in [1.82, 2.24) is 10.2 Å². The number of hydrogen-bond acceptors (Lipinski definition) is 2. The second-order valence-electron chi connectivity index (χ2n) is 2.90. The summed E-state index contributed by atoms with van der Waals surface area (Å²) in [5.74, 6) is 0.149. The topological polar surface area (TPSA) is 32.3 Å². The molecule has 0 atom stereocenters. The van der Waals surface area contributed by atoms with Crippen LogP contribution in [0.5, 0.6) is 0 Å². The van der Waals surface area contributed by atoms with E-state index in [4.69, 9.17) is 0 Å². The maximum atomic E-state index is 11.5. The Hall–Kier alpha value is -0.830. The molecule has 0 rings (SSSR count). The summed E-state index contributed by atoms with van der Waals surface area (Å²) in [4.78, 5) is 13.2. The van der Waals surface area contributed by atoms with Gasteiger partial charge in [-0.1, -0.05) is 13.0 Å². The molecule has 0 saturated heterocycles. The van der Waals surface area contributed by atoms with E-state index in [2.05, 4.69) is 18.8 Å². The van der Waals surface area contributed by atoms with Crippen LogP contribution < -0.4 is 5.32 Å². The Morgan fingerprint density at radius 1 is 1.54 bits per heavy atom. The highest BCUT2D eigenvalue weighted by Gasteiger charge is 2.07. The van der Waals surface area contributed by atoms with Crippen LogP contribution in [0, 0.1) is 0 Å². The highest BCUT2D eigenvalue weighted by Crippen LogP contribution is 1.88. The Balaban J connectivity index is 3.70. The average Bonchev–Trinajstić information content (AvgIpc) is 2.14. The van der Waals surface area contributed by atoms with Crippen molar-refractivity contribution in [3.8, 4) is 0 Å². The first kappa shape index (κ1) is 12.2. The molecule has 0 aliphatic carbocycles. The van der Waals surface area contributed by atoms with Gasteiger partial charge in [-0.2, -0.15) is 0 Å². The summed E-state index contributed by atoms with van der Waals surface area (Å²) < 4.78 is 0. The molecule has 76 valence electrons. The maximum absolute atomic E-state index is 11.5. The van der Waals surface area contributed by atoms with Crippen molar-refractivity contribution >= 4 is 5.91 Å². The molecule has 0 aromatic carbocycles. The molecule has 0 aliphatic heterocycles. The summed E-state index contributed by atoms with van der Waals surface area (Å²) in [5, 5.41) is 3.08. The van der Waals surface area contributed by atoms with Crippen LogP contribution in [0.25, 0.3) is 0 Å². The van der Waals surface area contributed by atoms with Gasteiger partial charge in [-0.15, -0.1) is 6.58 Å². The van der Waals surface area contributed by atoms with Crippen molar-refractivity contribution in [3.05, 3.63) is 12.7 Å². The van der Waals surface area contributed by atoms with E-state index >= 15 is 0 Å². The fourth-order valence-electron chi connectivity index (χ4n) is 1.05. The second kappa shape index (κ2) is 7.80. The van der Waals surface area contributed by atoms with Gasteiger partial charge in [0.15, 0.2) is 0 Å². The first-order chi connectivity index (χ1) is 6.26. The number of nitrogens with zero attached hydrogens (tertiary/aromatic N) is 1. The third kappa shape index (κ3) is 5.42. The van der Waals surface area contributed by atoms with E-state index in [0.29, 0.717) is 13.1 Å². The van der Waals surface area contributed by atoms with Crippen molar-refractivity contribution in [3.63, 3.8) is 0 Å². The van der Waals surface area contributed by atoms with E-state index in [-0.39, 0.29) is 5.91 Å². The fourth-order valence-corrected chi connectivity index (χ4v) is 1.05. The van der Waals surface area contributed by atoms with Crippen LogP contribution in [0.4, 0.5) is 0 Å². The zero-order chi connectivity index (χ0) is 10.1. The molecule has 0 unspecified atom stereocenters. The number of carbonyl (C=O) groups is 1. The zero-order valence-corrected chi connectivity index (χ0v) is 8.68. The Morgan fingerprint density at radius 3 is 2.69 bits per heavy atom. The summed E-state index contributed by atoms with van der Waals surface area (Å²) in [6.07, 6.45) is 2.81. The zero-order valence-electron chi connectivity index (χ0n) is 8.68. The van der Waals surface area contributed by atoms with Crippen LogP contribution in [0.15, 0.2) is 12.7 Å². The average molecular weight is 184 g/mol. The van der Waals surface area contributed by atoms with Gasteiger partial charge in [0.2, 0.25) is 5.91 Å². The fraction of sp³-hybridized carbons (Fsp3) is 0.700. The van der Waals surface area contributed by atoms with Crippen molar-refractivity contribution in [2.24, 2.45) is 0 Å². The molecule has 1 N–H and O–H groups in total. The van der Waals surface area contributed by atoms with E-state index in [1.54, 1.807) is 11.0 Å². The monoisotopic (exact) mass is 184 g/mol. The number of hydrogen-bond donors (Lipinski definition) is 1. The van der Waals surface area contributed by atoms with E-state index < -0.39 is 0 Å². The molecule has 0 bridgehead atoms. The Labute approximate surface area is 80.8 Å². The van der Waals surface area contributed by atoms with Gasteiger partial charge in [-0.3, -0.25) is 4.79 Å². The van der Waals surface area contributed by atoms with Crippen LogP contribution in [-0.2, 0) is 4.79 Å². The molecule has 0 fully saturated rings. The molecule has 0 saturated carbocycles. The van der Waals surface area contributed by atoms with Gasteiger partial charge >= 0.3 is 0 Å². The Morgan fingerprint density at radius 2 is 2.23 bits per heavy atom. The maximum Gasteiger partial charge on any atom is 0.236 e. The van der Waals surface area contributed by atoms with E-state index in [1.165, 1.54) is 0 Å². The summed E-state index contributed by atoms with van der Waals surface area (Å²) in [7, 11) is 0. The molecule has 0 spiro atoms. The molecule has 3 nitrogen and oxygen atoms in total. The van der Waals surface area contributed by atoms with Gasteiger partial charge in [0.1, 0.15) is 0 Å². The van der Waals surface area contributed by atoms with Crippen LogP contribution in [0.3, 0.4) is 0 Å². The summed E-state index contributed by atoms with van der Waals surface area (Å²) in [6.45, 7) is 10.4. The first-order valence-corrected chi connectivity index (χ1v) is 4.85. The van der Waals surface area contributed by atoms with Crippen LogP contribution >= 0.6 is 0 Å². The quantitative estimate of drug-likeness (QED) is 0.473. The van der Waals surface area contributed by atoms with E-state index in [9.17, 15) is 4.79 Å². The summed E-state index contributed by atoms with van der Waals surface area (Å²) >= 11 is 0. The lowest BCUT2D eigenvalue weighted by molar-refractivity contribution is -0.129. The first-order valence-electron chi connectivity index (χ1n) is 4.85. The predicted molar refractivity (Wildman–Crippen MR) is 55.6 cm³/mol.